The molecule has 0 aliphatic rings. The molecule has 0 atom stereocenters. The van der Waals surface area contributed by atoms with E-state index < -0.39 is 15.9 Å². The van der Waals surface area contributed by atoms with Crippen molar-refractivity contribution >= 4 is 43.6 Å². The normalized spacial score (nSPS) is 11.4. The largest absolute Gasteiger partial charge is 0.496 e. The highest BCUT2D eigenvalue weighted by molar-refractivity contribution is 9.10. The lowest BCUT2D eigenvalue weighted by Crippen LogP contribution is -2.35. The van der Waals surface area contributed by atoms with E-state index in [1.54, 1.807) is 67.8 Å². The Morgan fingerprint density at radius 2 is 1.70 bits per heavy atom. The lowest BCUT2D eigenvalue weighted by Gasteiger charge is -2.22. The Kier molecular flexibility index (Phi) is 7.94. The molecule has 3 aromatic carbocycles. The standard InChI is InChI=1S/C25H24BrNO5S/c1-4-32-21-11-9-20(10-12-21)27(33(29,30)22-13-5-18(2)6-14-22)25(28)16-8-19-7-15-24(31-3)23(26)17-19/h5-17H,4H2,1-3H3/b16-8+. The number of anilines is 1. The van der Waals surface area contributed by atoms with Crippen molar-refractivity contribution in [2.75, 3.05) is 18.0 Å². The summed E-state index contributed by atoms with van der Waals surface area (Å²) in [6.07, 6.45) is 2.79. The van der Waals surface area contributed by atoms with Crippen LogP contribution in [0, 0.1) is 6.92 Å². The second kappa shape index (κ2) is 10.7. The summed E-state index contributed by atoms with van der Waals surface area (Å²) in [6, 6.07) is 18.0. The van der Waals surface area contributed by atoms with Gasteiger partial charge in [-0.05, 0) is 89.9 Å². The summed E-state index contributed by atoms with van der Waals surface area (Å²) >= 11 is 3.41. The van der Waals surface area contributed by atoms with E-state index in [1.165, 1.54) is 18.2 Å². The molecule has 0 heterocycles. The molecule has 0 bridgehead atoms. The van der Waals surface area contributed by atoms with Gasteiger partial charge in [0.05, 0.1) is 28.8 Å². The van der Waals surface area contributed by atoms with Crippen molar-refractivity contribution in [3.05, 3.63) is 88.4 Å². The van der Waals surface area contributed by atoms with Gasteiger partial charge in [-0.15, -0.1) is 0 Å². The zero-order valence-electron chi connectivity index (χ0n) is 18.5. The van der Waals surface area contributed by atoms with Crippen LogP contribution in [0.25, 0.3) is 6.08 Å². The minimum atomic E-state index is -4.16. The van der Waals surface area contributed by atoms with E-state index in [0.29, 0.717) is 23.7 Å². The number of benzene rings is 3. The predicted molar refractivity (Wildman–Crippen MR) is 133 cm³/mol. The maximum Gasteiger partial charge on any atom is 0.271 e. The molecule has 3 rings (SSSR count). The van der Waals surface area contributed by atoms with E-state index in [1.807, 2.05) is 13.8 Å². The summed E-state index contributed by atoms with van der Waals surface area (Å²) in [5.41, 5.74) is 1.83. The fourth-order valence-corrected chi connectivity index (χ4v) is 5.01. The highest BCUT2D eigenvalue weighted by Crippen LogP contribution is 2.28. The predicted octanol–water partition coefficient (Wildman–Crippen LogP) is 5.60. The number of amides is 1. The van der Waals surface area contributed by atoms with E-state index in [2.05, 4.69) is 15.9 Å². The van der Waals surface area contributed by atoms with Gasteiger partial charge in [-0.1, -0.05) is 23.8 Å². The average molecular weight is 530 g/mol. The Morgan fingerprint density at radius 1 is 1.03 bits per heavy atom. The van der Waals surface area contributed by atoms with Gasteiger partial charge < -0.3 is 9.47 Å². The molecule has 0 aromatic heterocycles. The maximum absolute atomic E-state index is 13.5. The van der Waals surface area contributed by atoms with Crippen LogP contribution in [0.15, 0.2) is 82.2 Å². The zero-order valence-corrected chi connectivity index (χ0v) is 20.9. The summed E-state index contributed by atoms with van der Waals surface area (Å²) < 4.78 is 39.1. The number of carbonyl (C=O) groups excluding carboxylic acids is 1. The molecule has 0 saturated carbocycles. The topological polar surface area (TPSA) is 72.9 Å². The van der Waals surface area contributed by atoms with Gasteiger partial charge in [0.2, 0.25) is 0 Å². The van der Waals surface area contributed by atoms with Gasteiger partial charge in [-0.2, -0.15) is 4.31 Å². The monoisotopic (exact) mass is 529 g/mol. The smallest absolute Gasteiger partial charge is 0.271 e. The van der Waals surface area contributed by atoms with Crippen molar-refractivity contribution in [1.29, 1.82) is 0 Å². The molecule has 0 radical (unpaired) electrons. The number of hydrogen-bond acceptors (Lipinski definition) is 5. The molecule has 0 aliphatic carbocycles. The highest BCUT2D eigenvalue weighted by Gasteiger charge is 2.29. The number of hydrogen-bond donors (Lipinski definition) is 0. The molecule has 0 fully saturated rings. The molecule has 6 nitrogen and oxygen atoms in total. The van der Waals surface area contributed by atoms with E-state index >= 15 is 0 Å². The van der Waals surface area contributed by atoms with Crippen molar-refractivity contribution < 1.29 is 22.7 Å². The summed E-state index contributed by atoms with van der Waals surface area (Å²) in [6.45, 7) is 4.19. The third kappa shape index (κ3) is 5.83. The Bertz CT molecular complexity index is 1250. The van der Waals surface area contributed by atoms with E-state index in [4.69, 9.17) is 9.47 Å². The number of ether oxygens (including phenoxy) is 2. The lowest BCUT2D eigenvalue weighted by atomic mass is 10.2. The first kappa shape index (κ1) is 24.5. The first-order valence-electron chi connectivity index (χ1n) is 10.2. The summed E-state index contributed by atoms with van der Waals surface area (Å²) in [4.78, 5) is 13.2. The molecule has 0 aliphatic heterocycles. The molecule has 0 spiro atoms. The number of methoxy groups -OCH3 is 1. The van der Waals surface area contributed by atoms with Crippen LogP contribution in [-0.2, 0) is 14.8 Å². The maximum atomic E-state index is 13.5. The minimum absolute atomic E-state index is 0.0240. The van der Waals surface area contributed by atoms with Gasteiger partial charge in [0, 0.05) is 6.08 Å². The van der Waals surface area contributed by atoms with Crippen LogP contribution in [-0.4, -0.2) is 28.0 Å². The van der Waals surface area contributed by atoms with Gasteiger partial charge in [0.25, 0.3) is 15.9 Å². The quantitative estimate of drug-likeness (QED) is 0.355. The van der Waals surface area contributed by atoms with Crippen LogP contribution in [0.5, 0.6) is 11.5 Å². The molecule has 0 unspecified atom stereocenters. The summed E-state index contributed by atoms with van der Waals surface area (Å²) in [7, 11) is -2.60. The number of rotatable bonds is 8. The fraction of sp³-hybridized carbons (Fsp3) is 0.160. The second-order valence-corrected chi connectivity index (χ2v) is 9.72. The second-order valence-electron chi connectivity index (χ2n) is 7.07. The minimum Gasteiger partial charge on any atom is -0.496 e. The number of sulfonamides is 1. The van der Waals surface area contributed by atoms with Crippen LogP contribution in [0.1, 0.15) is 18.1 Å². The van der Waals surface area contributed by atoms with Gasteiger partial charge in [-0.25, -0.2) is 8.42 Å². The Morgan fingerprint density at radius 3 is 2.27 bits per heavy atom. The fourth-order valence-electron chi connectivity index (χ4n) is 3.07. The summed E-state index contributed by atoms with van der Waals surface area (Å²) in [5, 5.41) is 0. The molecular weight excluding hydrogens is 506 g/mol. The molecule has 8 heteroatoms. The van der Waals surface area contributed by atoms with Crippen LogP contribution < -0.4 is 13.8 Å². The Balaban J connectivity index is 2.01. The van der Waals surface area contributed by atoms with E-state index in [-0.39, 0.29) is 10.6 Å². The van der Waals surface area contributed by atoms with Crippen LogP contribution in [0.3, 0.4) is 0 Å². The Hall–Kier alpha value is -3.10. The van der Waals surface area contributed by atoms with Crippen molar-refractivity contribution in [3.63, 3.8) is 0 Å². The SMILES string of the molecule is CCOc1ccc(N(C(=O)/C=C/c2ccc(OC)c(Br)c2)S(=O)(=O)c2ccc(C)cc2)cc1. The highest BCUT2D eigenvalue weighted by atomic mass is 79.9. The average Bonchev–Trinajstić information content (AvgIpc) is 2.79. The van der Waals surface area contributed by atoms with Gasteiger partial charge in [0.1, 0.15) is 11.5 Å². The van der Waals surface area contributed by atoms with Crippen molar-refractivity contribution in [2.45, 2.75) is 18.7 Å². The molecular formula is C25H24BrNO5S. The molecule has 1 amide bonds. The van der Waals surface area contributed by atoms with Crippen LogP contribution >= 0.6 is 15.9 Å². The van der Waals surface area contributed by atoms with E-state index in [9.17, 15) is 13.2 Å². The van der Waals surface area contributed by atoms with Gasteiger partial charge >= 0.3 is 0 Å². The van der Waals surface area contributed by atoms with Crippen molar-refractivity contribution in [1.82, 2.24) is 0 Å². The van der Waals surface area contributed by atoms with Crippen molar-refractivity contribution in [2.24, 2.45) is 0 Å². The Labute approximate surface area is 202 Å². The molecule has 33 heavy (non-hydrogen) atoms. The number of carbonyl (C=O) groups is 1. The van der Waals surface area contributed by atoms with Gasteiger partial charge in [-0.3, -0.25) is 4.79 Å². The summed E-state index contributed by atoms with van der Waals surface area (Å²) in [5.74, 6) is 0.531. The molecule has 0 saturated heterocycles. The zero-order chi connectivity index (χ0) is 24.0. The third-order valence-electron chi connectivity index (χ3n) is 4.74. The molecule has 0 N–H and O–H groups in total. The van der Waals surface area contributed by atoms with Crippen LogP contribution in [0.4, 0.5) is 5.69 Å². The number of aryl methyl sites for hydroxylation is 1. The van der Waals surface area contributed by atoms with Crippen LogP contribution in [0.2, 0.25) is 0 Å². The number of halogens is 1. The lowest BCUT2D eigenvalue weighted by molar-refractivity contribution is -0.113. The number of nitrogens with zero attached hydrogens (tertiary/aromatic N) is 1. The van der Waals surface area contributed by atoms with Crippen molar-refractivity contribution in [3.8, 4) is 11.5 Å². The molecule has 172 valence electrons. The third-order valence-corrected chi connectivity index (χ3v) is 7.09. The molecule has 3 aromatic rings. The van der Waals surface area contributed by atoms with Gasteiger partial charge in [0.15, 0.2) is 0 Å². The van der Waals surface area contributed by atoms with E-state index in [0.717, 1.165) is 14.3 Å². The first-order chi connectivity index (χ1) is 15.8. The first-order valence-corrected chi connectivity index (χ1v) is 12.4.